The first-order valence-electron chi connectivity index (χ1n) is 7.22. The molecule has 1 amide bonds. The second-order valence-corrected chi connectivity index (χ2v) is 5.32. The number of benzene rings is 1. The summed E-state index contributed by atoms with van der Waals surface area (Å²) in [4.78, 5) is 12.1. The van der Waals surface area contributed by atoms with Gasteiger partial charge in [0.1, 0.15) is 0 Å². The van der Waals surface area contributed by atoms with E-state index in [-0.39, 0.29) is 18.1 Å². The van der Waals surface area contributed by atoms with Gasteiger partial charge in [0, 0.05) is 24.8 Å². The molecular formula is C17H21NO3. The van der Waals surface area contributed by atoms with Crippen LogP contribution in [0.4, 0.5) is 5.69 Å². The van der Waals surface area contributed by atoms with Crippen molar-refractivity contribution in [2.45, 2.75) is 37.7 Å². The van der Waals surface area contributed by atoms with Crippen molar-refractivity contribution in [2.24, 2.45) is 0 Å². The van der Waals surface area contributed by atoms with Gasteiger partial charge in [-0.2, -0.15) is 0 Å². The second kappa shape index (κ2) is 7.26. The van der Waals surface area contributed by atoms with Crippen LogP contribution in [0.25, 0.3) is 0 Å². The Labute approximate surface area is 125 Å². The van der Waals surface area contributed by atoms with E-state index in [9.17, 15) is 4.79 Å². The molecule has 1 aliphatic carbocycles. The number of hydrogen-bond donors (Lipinski definition) is 2. The number of amides is 1. The molecule has 0 atom stereocenters. The van der Waals surface area contributed by atoms with E-state index in [1.54, 1.807) is 7.11 Å². The van der Waals surface area contributed by atoms with Crippen LogP contribution in [0.5, 0.6) is 0 Å². The molecule has 1 saturated carbocycles. The molecule has 0 heterocycles. The van der Waals surface area contributed by atoms with Crippen LogP contribution in [-0.2, 0) is 9.53 Å². The smallest absolute Gasteiger partial charge is 0.227 e. The van der Waals surface area contributed by atoms with Crippen molar-refractivity contribution < 1.29 is 14.6 Å². The predicted octanol–water partition coefficient (Wildman–Crippen LogP) is 2.32. The molecule has 0 bridgehead atoms. The summed E-state index contributed by atoms with van der Waals surface area (Å²) in [5, 5.41) is 11.6. The van der Waals surface area contributed by atoms with E-state index in [1.165, 1.54) is 0 Å². The minimum Gasteiger partial charge on any atom is -0.395 e. The number of ether oxygens (including phenoxy) is 1. The highest BCUT2D eigenvalue weighted by Crippen LogP contribution is 2.38. The molecule has 4 nitrogen and oxygen atoms in total. The zero-order valence-corrected chi connectivity index (χ0v) is 12.3. The third kappa shape index (κ3) is 4.32. The van der Waals surface area contributed by atoms with Crippen LogP contribution in [0.15, 0.2) is 24.3 Å². The van der Waals surface area contributed by atoms with E-state index in [2.05, 4.69) is 17.2 Å². The lowest BCUT2D eigenvalue weighted by Crippen LogP contribution is -2.42. The average Bonchev–Trinajstić information content (AvgIpc) is 2.44. The van der Waals surface area contributed by atoms with Crippen LogP contribution in [0.1, 0.15) is 37.7 Å². The molecule has 1 aliphatic rings. The minimum absolute atomic E-state index is 0.0305. The molecule has 0 aliphatic heterocycles. The Hall–Kier alpha value is -1.83. The van der Waals surface area contributed by atoms with Gasteiger partial charge in [-0.3, -0.25) is 4.79 Å². The van der Waals surface area contributed by atoms with Crippen molar-refractivity contribution in [3.05, 3.63) is 29.8 Å². The Balaban J connectivity index is 1.95. The van der Waals surface area contributed by atoms with Crippen LogP contribution in [0.3, 0.4) is 0 Å². The van der Waals surface area contributed by atoms with Gasteiger partial charge in [0.25, 0.3) is 0 Å². The van der Waals surface area contributed by atoms with Crippen LogP contribution in [0.2, 0.25) is 0 Å². The molecule has 2 rings (SSSR count). The number of anilines is 1. The Morgan fingerprint density at radius 2 is 2.29 bits per heavy atom. The molecule has 1 aromatic carbocycles. The van der Waals surface area contributed by atoms with E-state index < -0.39 is 0 Å². The number of carbonyl (C=O) groups is 1. The van der Waals surface area contributed by atoms with Gasteiger partial charge in [0.2, 0.25) is 5.91 Å². The Bertz CT molecular complexity index is 547. The van der Waals surface area contributed by atoms with Gasteiger partial charge in [0.15, 0.2) is 0 Å². The maximum Gasteiger partial charge on any atom is 0.227 e. The van der Waals surface area contributed by atoms with Crippen molar-refractivity contribution in [2.75, 3.05) is 19.0 Å². The van der Waals surface area contributed by atoms with Gasteiger partial charge in [-0.15, -0.1) is 0 Å². The number of hydrogen-bond acceptors (Lipinski definition) is 3. The number of methoxy groups -OCH3 is 1. The molecule has 0 radical (unpaired) electrons. The number of aliphatic hydroxyl groups excluding tert-OH is 1. The fraction of sp³-hybridized carbons (Fsp3) is 0.471. The van der Waals surface area contributed by atoms with Crippen LogP contribution >= 0.6 is 0 Å². The summed E-state index contributed by atoms with van der Waals surface area (Å²) in [5.41, 5.74) is 1.30. The lowest BCUT2D eigenvalue weighted by molar-refractivity contribution is -0.129. The van der Waals surface area contributed by atoms with Gasteiger partial charge in [-0.25, -0.2) is 0 Å². The Kier molecular flexibility index (Phi) is 5.38. The van der Waals surface area contributed by atoms with Crippen molar-refractivity contribution in [3.63, 3.8) is 0 Å². The Morgan fingerprint density at radius 1 is 1.48 bits per heavy atom. The molecule has 0 unspecified atom stereocenters. The van der Waals surface area contributed by atoms with Crippen LogP contribution in [-0.4, -0.2) is 30.3 Å². The van der Waals surface area contributed by atoms with Crippen molar-refractivity contribution in [1.82, 2.24) is 0 Å². The Morgan fingerprint density at radius 3 is 2.90 bits per heavy atom. The molecule has 1 fully saturated rings. The first-order valence-corrected chi connectivity index (χ1v) is 7.22. The minimum atomic E-state index is -0.261. The normalized spacial score (nSPS) is 15.5. The zero-order valence-electron chi connectivity index (χ0n) is 12.3. The molecule has 0 spiro atoms. The molecule has 0 saturated heterocycles. The summed E-state index contributed by atoms with van der Waals surface area (Å²) >= 11 is 0. The van der Waals surface area contributed by atoms with E-state index in [4.69, 9.17) is 9.84 Å². The lowest BCUT2D eigenvalue weighted by Gasteiger charge is -2.39. The predicted molar refractivity (Wildman–Crippen MR) is 81.9 cm³/mol. The van der Waals surface area contributed by atoms with E-state index >= 15 is 0 Å². The van der Waals surface area contributed by atoms with Crippen LogP contribution < -0.4 is 5.32 Å². The van der Waals surface area contributed by atoms with E-state index in [1.807, 2.05) is 24.3 Å². The van der Waals surface area contributed by atoms with E-state index in [0.717, 1.165) is 30.5 Å². The maximum absolute atomic E-state index is 12.1. The third-order valence-electron chi connectivity index (χ3n) is 3.80. The molecule has 2 N–H and O–H groups in total. The highest BCUT2D eigenvalue weighted by Gasteiger charge is 2.38. The fourth-order valence-electron chi connectivity index (χ4n) is 2.42. The maximum atomic E-state index is 12.1. The standard InChI is InChI=1S/C17H21NO3/c1-21-17(9-5-10-17)13-16(20)18-15-8-4-7-14(12-15)6-2-3-11-19/h4,7-8,12,19H,3,5,9-11,13H2,1H3,(H,18,20). The first-order chi connectivity index (χ1) is 10.2. The molecule has 0 aromatic heterocycles. The van der Waals surface area contributed by atoms with Gasteiger partial charge in [-0.1, -0.05) is 17.9 Å². The summed E-state index contributed by atoms with van der Waals surface area (Å²) in [6, 6.07) is 7.41. The van der Waals surface area contributed by atoms with Gasteiger partial charge in [0.05, 0.1) is 18.6 Å². The molecule has 1 aromatic rings. The van der Waals surface area contributed by atoms with Crippen molar-refractivity contribution in [1.29, 1.82) is 0 Å². The number of carbonyl (C=O) groups excluding carboxylic acids is 1. The highest BCUT2D eigenvalue weighted by molar-refractivity contribution is 5.91. The average molecular weight is 287 g/mol. The third-order valence-corrected chi connectivity index (χ3v) is 3.80. The molecule has 4 heteroatoms. The second-order valence-electron chi connectivity index (χ2n) is 5.32. The van der Waals surface area contributed by atoms with Crippen molar-refractivity contribution >= 4 is 11.6 Å². The monoisotopic (exact) mass is 287 g/mol. The van der Waals surface area contributed by atoms with Gasteiger partial charge in [-0.05, 0) is 37.5 Å². The largest absolute Gasteiger partial charge is 0.395 e. The highest BCUT2D eigenvalue weighted by atomic mass is 16.5. The van der Waals surface area contributed by atoms with Crippen LogP contribution in [0, 0.1) is 11.8 Å². The summed E-state index contributed by atoms with van der Waals surface area (Å²) < 4.78 is 5.46. The molecule has 21 heavy (non-hydrogen) atoms. The zero-order chi connectivity index (χ0) is 15.1. The fourth-order valence-corrected chi connectivity index (χ4v) is 2.42. The number of rotatable bonds is 5. The number of aliphatic hydroxyl groups is 1. The molecular weight excluding hydrogens is 266 g/mol. The van der Waals surface area contributed by atoms with E-state index in [0.29, 0.717) is 12.8 Å². The van der Waals surface area contributed by atoms with Gasteiger partial charge < -0.3 is 15.2 Å². The summed E-state index contributed by atoms with van der Waals surface area (Å²) in [7, 11) is 1.67. The first kappa shape index (κ1) is 15.6. The summed E-state index contributed by atoms with van der Waals surface area (Å²) in [6.45, 7) is 0.0581. The number of nitrogens with one attached hydrogen (secondary N) is 1. The molecule has 112 valence electrons. The lowest BCUT2D eigenvalue weighted by atomic mass is 9.77. The quantitative estimate of drug-likeness (QED) is 0.817. The van der Waals surface area contributed by atoms with Crippen molar-refractivity contribution in [3.8, 4) is 11.8 Å². The topological polar surface area (TPSA) is 58.6 Å². The SMILES string of the molecule is COC1(CC(=O)Nc2cccc(C#CCCO)c2)CCC1. The summed E-state index contributed by atoms with van der Waals surface area (Å²) in [6.07, 6.45) is 3.86. The summed E-state index contributed by atoms with van der Waals surface area (Å²) in [5.74, 6) is 5.79. The van der Waals surface area contributed by atoms with Gasteiger partial charge >= 0.3 is 0 Å².